The molecule has 146 valence electrons. The molecular weight excluding hydrogens is 380 g/mol. The fraction of sp³-hybridized carbons (Fsp3) is 0.158. The number of sulfonamides is 1. The molecule has 0 saturated carbocycles. The summed E-state index contributed by atoms with van der Waals surface area (Å²) in [6.45, 7) is 0.836. The highest BCUT2D eigenvalue weighted by molar-refractivity contribution is 7.89. The first-order valence-electron chi connectivity index (χ1n) is 8.41. The highest BCUT2D eigenvalue weighted by atomic mass is 32.2. The third-order valence-electron chi connectivity index (χ3n) is 4.19. The average molecular weight is 400 g/mol. The van der Waals surface area contributed by atoms with E-state index >= 15 is 0 Å². The first kappa shape index (κ1) is 19.6. The largest absolute Gasteiger partial charge is 0.496 e. The molecule has 0 aliphatic rings. The predicted molar refractivity (Wildman–Crippen MR) is 103 cm³/mol. The molecule has 1 heterocycles. The van der Waals surface area contributed by atoms with E-state index in [1.54, 1.807) is 10.9 Å². The summed E-state index contributed by atoms with van der Waals surface area (Å²) in [7, 11) is -2.53. The van der Waals surface area contributed by atoms with Gasteiger partial charge in [0.15, 0.2) is 0 Å². The topological polar surface area (TPSA) is 116 Å². The van der Waals surface area contributed by atoms with Crippen LogP contribution in [0, 0.1) is 0 Å². The number of hydrogen-bond donors (Lipinski definition) is 2. The second kappa shape index (κ2) is 8.24. The summed E-state index contributed by atoms with van der Waals surface area (Å²) in [6, 6.07) is 13.4. The van der Waals surface area contributed by atoms with Crippen molar-refractivity contribution in [1.82, 2.24) is 15.1 Å². The zero-order valence-electron chi connectivity index (χ0n) is 15.2. The Balaban J connectivity index is 1.80. The van der Waals surface area contributed by atoms with Crippen LogP contribution >= 0.6 is 0 Å². The molecule has 2 aromatic carbocycles. The molecule has 0 spiro atoms. The minimum absolute atomic E-state index is 0.0959. The third kappa shape index (κ3) is 4.56. The Labute approximate surface area is 163 Å². The van der Waals surface area contributed by atoms with Gasteiger partial charge < -0.3 is 10.1 Å². The number of nitrogens with zero attached hydrogens (tertiary/aromatic N) is 2. The minimum atomic E-state index is -3.93. The molecular formula is C19H20N4O4S. The Morgan fingerprint density at radius 1 is 1.18 bits per heavy atom. The molecule has 0 atom stereocenters. The van der Waals surface area contributed by atoms with Gasteiger partial charge in [-0.05, 0) is 35.4 Å². The quantitative estimate of drug-likeness (QED) is 0.624. The molecule has 0 bridgehead atoms. The van der Waals surface area contributed by atoms with Gasteiger partial charge in [0, 0.05) is 18.9 Å². The lowest BCUT2D eigenvalue weighted by atomic mass is 10.1. The standard InChI is InChI=1S/C19H20N4O4S/c1-27-18-8-7-16(28(20,25)26)11-17(18)19(24)21-12-14-5-2-3-6-15(14)13-23-10-4-9-22-23/h2-11H,12-13H2,1H3,(H,21,24)(H2,20,25,26). The van der Waals surface area contributed by atoms with Crippen LogP contribution in [0.2, 0.25) is 0 Å². The van der Waals surface area contributed by atoms with Gasteiger partial charge in [-0.1, -0.05) is 24.3 Å². The molecule has 1 amide bonds. The Kier molecular flexibility index (Phi) is 5.76. The summed E-state index contributed by atoms with van der Waals surface area (Å²) < 4.78 is 30.1. The van der Waals surface area contributed by atoms with Gasteiger partial charge in [0.1, 0.15) is 5.75 Å². The van der Waals surface area contributed by atoms with E-state index in [0.29, 0.717) is 6.54 Å². The molecule has 0 fully saturated rings. The van der Waals surface area contributed by atoms with E-state index < -0.39 is 15.9 Å². The molecule has 0 aliphatic heterocycles. The smallest absolute Gasteiger partial charge is 0.255 e. The lowest BCUT2D eigenvalue weighted by Gasteiger charge is -2.13. The van der Waals surface area contributed by atoms with Crippen molar-refractivity contribution in [3.8, 4) is 5.75 Å². The lowest BCUT2D eigenvalue weighted by Crippen LogP contribution is -2.25. The summed E-state index contributed by atoms with van der Waals surface area (Å²) in [5.74, 6) is -0.203. The van der Waals surface area contributed by atoms with Gasteiger partial charge in [-0.15, -0.1) is 0 Å². The van der Waals surface area contributed by atoms with Gasteiger partial charge >= 0.3 is 0 Å². The number of benzene rings is 2. The second-order valence-corrected chi connectivity index (χ2v) is 7.62. The zero-order valence-corrected chi connectivity index (χ0v) is 16.0. The van der Waals surface area contributed by atoms with Crippen LogP contribution in [0.15, 0.2) is 65.8 Å². The van der Waals surface area contributed by atoms with E-state index in [2.05, 4.69) is 10.4 Å². The number of aromatic nitrogens is 2. The number of nitrogens with two attached hydrogens (primary N) is 1. The first-order chi connectivity index (χ1) is 13.4. The van der Waals surface area contributed by atoms with Crippen LogP contribution in [-0.4, -0.2) is 31.2 Å². The minimum Gasteiger partial charge on any atom is -0.496 e. The van der Waals surface area contributed by atoms with Crippen LogP contribution in [0.4, 0.5) is 0 Å². The van der Waals surface area contributed by atoms with E-state index in [1.807, 2.05) is 36.5 Å². The Morgan fingerprint density at radius 3 is 2.57 bits per heavy atom. The van der Waals surface area contributed by atoms with Crippen LogP contribution in [0.1, 0.15) is 21.5 Å². The Morgan fingerprint density at radius 2 is 1.93 bits per heavy atom. The van der Waals surface area contributed by atoms with Crippen molar-refractivity contribution in [3.63, 3.8) is 0 Å². The van der Waals surface area contributed by atoms with Crippen LogP contribution in [-0.2, 0) is 23.1 Å². The van der Waals surface area contributed by atoms with Crippen molar-refractivity contribution in [3.05, 3.63) is 77.6 Å². The number of primary sulfonamides is 1. The maximum atomic E-state index is 12.7. The zero-order chi connectivity index (χ0) is 20.1. The fourth-order valence-corrected chi connectivity index (χ4v) is 3.30. The third-order valence-corrected chi connectivity index (χ3v) is 5.10. The number of methoxy groups -OCH3 is 1. The van der Waals surface area contributed by atoms with Crippen molar-refractivity contribution in [1.29, 1.82) is 0 Å². The molecule has 9 heteroatoms. The van der Waals surface area contributed by atoms with Crippen molar-refractivity contribution in [2.45, 2.75) is 18.0 Å². The molecule has 28 heavy (non-hydrogen) atoms. The van der Waals surface area contributed by atoms with Gasteiger partial charge in [-0.25, -0.2) is 13.6 Å². The van der Waals surface area contributed by atoms with Crippen molar-refractivity contribution in [2.75, 3.05) is 7.11 Å². The fourth-order valence-electron chi connectivity index (χ4n) is 2.76. The number of carbonyl (C=O) groups is 1. The maximum Gasteiger partial charge on any atom is 0.255 e. The number of carbonyl (C=O) groups excluding carboxylic acids is 1. The highest BCUT2D eigenvalue weighted by Gasteiger charge is 2.17. The van der Waals surface area contributed by atoms with E-state index in [9.17, 15) is 13.2 Å². The molecule has 0 aliphatic carbocycles. The number of hydrogen-bond acceptors (Lipinski definition) is 5. The summed E-state index contributed by atoms with van der Waals surface area (Å²) in [6.07, 6.45) is 3.56. The van der Waals surface area contributed by atoms with Crippen LogP contribution in [0.5, 0.6) is 5.75 Å². The molecule has 8 nitrogen and oxygen atoms in total. The number of rotatable bonds is 7. The van der Waals surface area contributed by atoms with Crippen molar-refractivity contribution >= 4 is 15.9 Å². The monoisotopic (exact) mass is 400 g/mol. The number of nitrogens with one attached hydrogen (secondary N) is 1. The molecule has 0 radical (unpaired) electrons. The average Bonchev–Trinajstić information content (AvgIpc) is 3.19. The molecule has 0 saturated heterocycles. The van der Waals surface area contributed by atoms with Gasteiger partial charge in [-0.3, -0.25) is 9.48 Å². The summed E-state index contributed by atoms with van der Waals surface area (Å²) in [5, 5.41) is 12.2. The Bertz CT molecular complexity index is 1080. The van der Waals surface area contributed by atoms with E-state index in [4.69, 9.17) is 9.88 Å². The summed E-state index contributed by atoms with van der Waals surface area (Å²) >= 11 is 0. The lowest BCUT2D eigenvalue weighted by molar-refractivity contribution is 0.0947. The number of ether oxygens (including phenoxy) is 1. The molecule has 0 unspecified atom stereocenters. The van der Waals surface area contributed by atoms with Gasteiger partial charge in [-0.2, -0.15) is 5.10 Å². The van der Waals surface area contributed by atoms with Crippen molar-refractivity contribution in [2.24, 2.45) is 5.14 Å². The highest BCUT2D eigenvalue weighted by Crippen LogP contribution is 2.22. The summed E-state index contributed by atoms with van der Waals surface area (Å²) in [5.41, 5.74) is 2.03. The molecule has 1 aromatic heterocycles. The normalized spacial score (nSPS) is 11.2. The Hall–Kier alpha value is -3.17. The molecule has 3 rings (SSSR count). The maximum absolute atomic E-state index is 12.7. The number of amides is 1. The van der Waals surface area contributed by atoms with Crippen LogP contribution in [0.3, 0.4) is 0 Å². The van der Waals surface area contributed by atoms with Crippen LogP contribution < -0.4 is 15.2 Å². The molecule has 3 N–H and O–H groups in total. The second-order valence-electron chi connectivity index (χ2n) is 6.06. The van der Waals surface area contributed by atoms with Gasteiger partial charge in [0.05, 0.1) is 24.1 Å². The molecule has 3 aromatic rings. The SMILES string of the molecule is COc1ccc(S(N)(=O)=O)cc1C(=O)NCc1ccccc1Cn1cccn1. The van der Waals surface area contributed by atoms with Gasteiger partial charge in [0.2, 0.25) is 10.0 Å². The predicted octanol–water partition coefficient (Wildman–Crippen LogP) is 1.52. The van der Waals surface area contributed by atoms with E-state index in [0.717, 1.165) is 11.1 Å². The van der Waals surface area contributed by atoms with Gasteiger partial charge in [0.25, 0.3) is 5.91 Å². The van der Waals surface area contributed by atoms with E-state index in [-0.39, 0.29) is 22.8 Å². The summed E-state index contributed by atoms with van der Waals surface area (Å²) in [4.78, 5) is 12.5. The van der Waals surface area contributed by atoms with Crippen molar-refractivity contribution < 1.29 is 17.9 Å². The van der Waals surface area contributed by atoms with Crippen LogP contribution in [0.25, 0.3) is 0 Å². The first-order valence-corrected chi connectivity index (χ1v) is 9.96. The van der Waals surface area contributed by atoms with E-state index in [1.165, 1.54) is 25.3 Å².